The van der Waals surface area contributed by atoms with Crippen LogP contribution in [-0.4, -0.2) is 6.61 Å². The van der Waals surface area contributed by atoms with E-state index >= 15 is 0 Å². The highest BCUT2D eigenvalue weighted by Gasteiger charge is 2.23. The molecule has 0 amide bonds. The van der Waals surface area contributed by atoms with Crippen LogP contribution in [-0.2, 0) is 0 Å². The second-order valence-corrected chi connectivity index (χ2v) is 11.6. The van der Waals surface area contributed by atoms with Gasteiger partial charge < -0.3 is 20.7 Å². The molecule has 8 heteroatoms. The van der Waals surface area contributed by atoms with E-state index in [1.807, 2.05) is 146 Å². The van der Waals surface area contributed by atoms with Crippen LogP contribution >= 0.6 is 0 Å². The summed E-state index contributed by atoms with van der Waals surface area (Å²) in [5.41, 5.74) is 5.62. The molecular weight excluding hydrogens is 626 g/mol. The smallest absolute Gasteiger partial charge is 0.272 e. The molecule has 50 heavy (non-hydrogen) atoms. The zero-order valence-electron chi connectivity index (χ0n) is 27.6. The molecule has 0 bridgehead atoms. The van der Waals surface area contributed by atoms with Gasteiger partial charge in [-0.05, 0) is 65.9 Å². The molecule has 8 nitrogen and oxygen atoms in total. The predicted octanol–water partition coefficient (Wildman–Crippen LogP) is 7.96. The van der Waals surface area contributed by atoms with E-state index in [4.69, 9.17) is 4.74 Å². The van der Waals surface area contributed by atoms with Gasteiger partial charge in [-0.2, -0.15) is 0 Å². The van der Waals surface area contributed by atoms with Crippen LogP contribution in [0, 0.1) is 0 Å². The van der Waals surface area contributed by atoms with Gasteiger partial charge in [-0.15, -0.1) is 0 Å². The summed E-state index contributed by atoms with van der Waals surface area (Å²) in [5.74, 6) is 0.123. The summed E-state index contributed by atoms with van der Waals surface area (Å²) in [6.45, 7) is 4.09. The van der Waals surface area contributed by atoms with Crippen molar-refractivity contribution in [3.8, 4) is 28.0 Å². The molecule has 0 heterocycles. The quantitative estimate of drug-likeness (QED) is 0.120. The minimum absolute atomic E-state index is 0.0827. The van der Waals surface area contributed by atoms with E-state index in [2.05, 4.69) is 16.0 Å². The Morgan fingerprint density at radius 3 is 1.46 bits per heavy atom. The Hall–Kier alpha value is -6.54. The molecule has 0 fully saturated rings. The zero-order valence-corrected chi connectivity index (χ0v) is 27.6. The first kappa shape index (κ1) is 33.4. The summed E-state index contributed by atoms with van der Waals surface area (Å²) in [5, 5.41) is 9.29. The van der Waals surface area contributed by atoms with Gasteiger partial charge in [0.25, 0.3) is 21.7 Å². The second-order valence-electron chi connectivity index (χ2n) is 11.6. The Labute approximate surface area is 289 Å². The molecule has 7 aromatic carbocycles. The molecule has 7 rings (SSSR count). The third kappa shape index (κ3) is 7.29. The maximum absolute atomic E-state index is 12.1. The topological polar surface area (TPSA) is 114 Å². The van der Waals surface area contributed by atoms with Crippen LogP contribution in [0.2, 0.25) is 0 Å². The van der Waals surface area contributed by atoms with Gasteiger partial charge in [-0.1, -0.05) is 115 Å². The third-order valence-corrected chi connectivity index (χ3v) is 8.20. The molecule has 0 aliphatic rings. The van der Waals surface area contributed by atoms with Crippen molar-refractivity contribution >= 4 is 28.4 Å². The van der Waals surface area contributed by atoms with Crippen LogP contribution < -0.4 is 42.4 Å². The van der Waals surface area contributed by atoms with Crippen molar-refractivity contribution in [3.05, 3.63) is 186 Å². The highest BCUT2D eigenvalue weighted by atomic mass is 16.5. The molecule has 0 aromatic heterocycles. The van der Waals surface area contributed by atoms with Crippen LogP contribution in [0.3, 0.4) is 0 Å². The SMILES string of the molecule is CCOc1c(Nc2cccc(-c3ccccc3)c2)c(=O)c1=O.C[C@@H](Nc1c(Nc2cccc(-c3ccccc3)c2)c(=O)c1=O)c1ccccc1. The number of hydrogen-bond donors (Lipinski definition) is 3. The van der Waals surface area contributed by atoms with Crippen molar-refractivity contribution in [1.29, 1.82) is 0 Å². The van der Waals surface area contributed by atoms with E-state index < -0.39 is 21.7 Å². The Kier molecular flexibility index (Phi) is 10.1. The fraction of sp³-hybridized carbons (Fsp3) is 0.0952. The van der Waals surface area contributed by atoms with E-state index in [1.165, 1.54) is 0 Å². The summed E-state index contributed by atoms with van der Waals surface area (Å²) in [6.07, 6.45) is 0. The first-order valence-corrected chi connectivity index (χ1v) is 16.3. The van der Waals surface area contributed by atoms with Crippen LogP contribution in [0.5, 0.6) is 5.75 Å². The van der Waals surface area contributed by atoms with Crippen LogP contribution in [0.4, 0.5) is 28.4 Å². The molecule has 0 saturated carbocycles. The molecule has 0 unspecified atom stereocenters. The van der Waals surface area contributed by atoms with Gasteiger partial charge in [0.2, 0.25) is 0 Å². The monoisotopic (exact) mass is 661 g/mol. The first-order valence-electron chi connectivity index (χ1n) is 16.3. The molecule has 0 radical (unpaired) electrons. The molecule has 1 atom stereocenters. The average Bonchev–Trinajstić information content (AvgIpc) is 3.18. The lowest BCUT2D eigenvalue weighted by atomic mass is 10.0. The molecule has 7 aromatic rings. The van der Waals surface area contributed by atoms with E-state index in [0.29, 0.717) is 18.0 Å². The van der Waals surface area contributed by atoms with Crippen LogP contribution in [0.15, 0.2) is 159 Å². The lowest BCUT2D eigenvalue weighted by molar-refractivity contribution is 0.335. The van der Waals surface area contributed by atoms with Crippen LogP contribution in [0.1, 0.15) is 25.5 Å². The highest BCUT2D eigenvalue weighted by molar-refractivity contribution is 5.81. The fourth-order valence-electron chi connectivity index (χ4n) is 5.56. The standard InChI is InChI=1S/C24H20N2O2.C18H15NO3/c1-16(17-9-4-2-5-10-17)25-21-22(24(28)23(21)27)26-20-14-8-13-19(15-20)18-11-6-3-7-12-18;1-2-22-18-15(16(20)17(18)21)19-14-10-6-9-13(11-14)12-7-4-3-5-8-12/h2-16,25-26H,1H3;3-11,19H,2H2,1H3/t16-;/m1./s1. The lowest BCUT2D eigenvalue weighted by Crippen LogP contribution is -2.37. The third-order valence-electron chi connectivity index (χ3n) is 8.20. The van der Waals surface area contributed by atoms with Crippen molar-refractivity contribution in [1.82, 2.24) is 0 Å². The molecule has 0 aliphatic carbocycles. The second kappa shape index (κ2) is 15.1. The highest BCUT2D eigenvalue weighted by Crippen LogP contribution is 2.29. The minimum Gasteiger partial charge on any atom is -0.488 e. The molecule has 0 spiro atoms. The normalized spacial score (nSPS) is 11.3. The average molecular weight is 662 g/mol. The largest absolute Gasteiger partial charge is 0.488 e. The lowest BCUT2D eigenvalue weighted by Gasteiger charge is -2.20. The van der Waals surface area contributed by atoms with Crippen LogP contribution in [0.25, 0.3) is 22.3 Å². The number of rotatable bonds is 11. The number of hydrogen-bond acceptors (Lipinski definition) is 8. The summed E-state index contributed by atoms with van der Waals surface area (Å²) in [6, 6.07) is 45.1. The van der Waals surface area contributed by atoms with Gasteiger partial charge in [0.1, 0.15) is 17.1 Å². The van der Waals surface area contributed by atoms with Crippen molar-refractivity contribution in [3.63, 3.8) is 0 Å². The molecule has 0 aliphatic heterocycles. The molecule has 3 N–H and O–H groups in total. The number of ether oxygens (including phenoxy) is 1. The van der Waals surface area contributed by atoms with Crippen molar-refractivity contribution < 1.29 is 4.74 Å². The maximum Gasteiger partial charge on any atom is 0.272 e. The Bertz CT molecular complexity index is 2360. The number of anilines is 5. The van der Waals surface area contributed by atoms with Gasteiger partial charge in [0.05, 0.1) is 6.61 Å². The number of nitrogens with one attached hydrogen (secondary N) is 3. The summed E-state index contributed by atoms with van der Waals surface area (Å²) >= 11 is 0. The minimum atomic E-state index is -0.566. The van der Waals surface area contributed by atoms with Gasteiger partial charge in [-0.3, -0.25) is 19.2 Å². The molecule has 0 saturated heterocycles. The maximum atomic E-state index is 12.1. The Balaban J connectivity index is 0.000000178. The molecule has 248 valence electrons. The van der Waals surface area contributed by atoms with E-state index in [0.717, 1.165) is 39.2 Å². The summed E-state index contributed by atoms with van der Waals surface area (Å²) in [7, 11) is 0. The Morgan fingerprint density at radius 1 is 0.500 bits per heavy atom. The summed E-state index contributed by atoms with van der Waals surface area (Å²) < 4.78 is 5.21. The van der Waals surface area contributed by atoms with Crippen molar-refractivity contribution in [2.24, 2.45) is 0 Å². The van der Waals surface area contributed by atoms with E-state index in [9.17, 15) is 19.2 Å². The van der Waals surface area contributed by atoms with Gasteiger partial charge in [-0.25, -0.2) is 0 Å². The van der Waals surface area contributed by atoms with E-state index in [1.54, 1.807) is 6.92 Å². The number of benzene rings is 5. The van der Waals surface area contributed by atoms with Crippen molar-refractivity contribution in [2.45, 2.75) is 19.9 Å². The fourth-order valence-corrected chi connectivity index (χ4v) is 5.56. The zero-order chi connectivity index (χ0) is 35.0. The first-order chi connectivity index (χ1) is 24.3. The predicted molar refractivity (Wildman–Crippen MR) is 203 cm³/mol. The molecular formula is C42H35N3O5. The summed E-state index contributed by atoms with van der Waals surface area (Å²) in [4.78, 5) is 47.4. The van der Waals surface area contributed by atoms with Gasteiger partial charge in [0, 0.05) is 17.4 Å². The Morgan fingerprint density at radius 2 is 0.940 bits per heavy atom. The van der Waals surface area contributed by atoms with Gasteiger partial charge >= 0.3 is 0 Å². The van der Waals surface area contributed by atoms with Gasteiger partial charge in [0.15, 0.2) is 5.75 Å². The van der Waals surface area contributed by atoms with E-state index in [-0.39, 0.29) is 17.5 Å². The van der Waals surface area contributed by atoms with Crippen molar-refractivity contribution in [2.75, 3.05) is 22.6 Å².